The maximum atomic E-state index is 12.8. The number of carbonyl (C=O) groups excluding carboxylic acids is 4. The Hall–Kier alpha value is -3.63. The molecule has 0 aliphatic carbocycles. The fourth-order valence-corrected chi connectivity index (χ4v) is 3.77. The molecule has 1 aromatic carbocycles. The van der Waals surface area contributed by atoms with Gasteiger partial charge in [0.05, 0.1) is 6.61 Å². The van der Waals surface area contributed by atoms with E-state index in [0.717, 1.165) is 0 Å². The summed E-state index contributed by atoms with van der Waals surface area (Å²) in [5.41, 5.74) is 5.44. The van der Waals surface area contributed by atoms with Crippen molar-refractivity contribution in [1.29, 1.82) is 0 Å². The van der Waals surface area contributed by atoms with Gasteiger partial charge in [0.1, 0.15) is 42.5 Å². The van der Waals surface area contributed by atoms with Crippen molar-refractivity contribution in [1.82, 2.24) is 16.0 Å². The number of amides is 4. The average molecular weight is 555 g/mol. The molecule has 15 nitrogen and oxygen atoms in total. The van der Waals surface area contributed by atoms with Gasteiger partial charge in [-0.1, -0.05) is 18.2 Å². The largest absolute Gasteiger partial charge is 0.481 e. The minimum Gasteiger partial charge on any atom is -0.481 e. The minimum atomic E-state index is -1.71. The first kappa shape index (κ1) is 31.6. The summed E-state index contributed by atoms with van der Waals surface area (Å²) in [5, 5.41) is 46.6. The molecule has 39 heavy (non-hydrogen) atoms. The first-order valence-electron chi connectivity index (χ1n) is 12.1. The van der Waals surface area contributed by atoms with E-state index >= 15 is 0 Å². The number of aliphatic hydroxyl groups excluding tert-OH is 3. The van der Waals surface area contributed by atoms with Crippen LogP contribution in [0.5, 0.6) is 0 Å². The van der Waals surface area contributed by atoms with E-state index in [1.54, 1.807) is 18.2 Å². The van der Waals surface area contributed by atoms with E-state index in [4.69, 9.17) is 20.3 Å². The molecule has 1 aliphatic heterocycles. The summed E-state index contributed by atoms with van der Waals surface area (Å²) in [6.07, 6.45) is -8.00. The summed E-state index contributed by atoms with van der Waals surface area (Å²) in [4.78, 5) is 60.2. The number of carbonyl (C=O) groups is 5. The van der Waals surface area contributed by atoms with Crippen LogP contribution in [0.25, 0.3) is 0 Å². The van der Waals surface area contributed by atoms with Crippen molar-refractivity contribution >= 4 is 29.6 Å². The third-order valence-electron chi connectivity index (χ3n) is 6.00. The molecule has 216 valence electrons. The molecule has 0 aromatic heterocycles. The number of aliphatic carboxylic acids is 1. The Morgan fingerprint density at radius 3 is 2.26 bits per heavy atom. The topological polar surface area (TPSA) is 247 Å². The third kappa shape index (κ3) is 8.97. The van der Waals surface area contributed by atoms with Crippen molar-refractivity contribution in [2.24, 2.45) is 5.73 Å². The number of nitrogens with two attached hydrogens (primary N) is 1. The zero-order valence-electron chi connectivity index (χ0n) is 21.4. The van der Waals surface area contributed by atoms with Crippen molar-refractivity contribution in [2.75, 3.05) is 6.61 Å². The van der Waals surface area contributed by atoms with Crippen molar-refractivity contribution in [3.05, 3.63) is 35.9 Å². The number of benzene rings is 1. The van der Waals surface area contributed by atoms with Gasteiger partial charge in [0.2, 0.25) is 17.7 Å². The van der Waals surface area contributed by atoms with Crippen molar-refractivity contribution in [2.45, 2.75) is 75.5 Å². The van der Waals surface area contributed by atoms with Gasteiger partial charge in [-0.2, -0.15) is 0 Å². The summed E-state index contributed by atoms with van der Waals surface area (Å²) in [6, 6.07) is 4.13. The number of carboxylic acids is 1. The number of carboxylic acid groups (broad SMARTS) is 1. The van der Waals surface area contributed by atoms with Crippen molar-refractivity contribution < 1.29 is 53.9 Å². The van der Waals surface area contributed by atoms with Gasteiger partial charge in [-0.25, -0.2) is 0 Å². The van der Waals surface area contributed by atoms with Gasteiger partial charge in [-0.05, 0) is 32.4 Å². The summed E-state index contributed by atoms with van der Waals surface area (Å²) in [7, 11) is 0. The summed E-state index contributed by atoms with van der Waals surface area (Å²) in [5.74, 6) is -4.42. The van der Waals surface area contributed by atoms with Crippen LogP contribution in [0.1, 0.15) is 37.0 Å². The highest BCUT2D eigenvalue weighted by Gasteiger charge is 2.47. The molecule has 1 aromatic rings. The smallest absolute Gasteiger partial charge is 0.303 e. The highest BCUT2D eigenvalue weighted by atomic mass is 16.6. The number of nitrogens with one attached hydrogen (secondary N) is 3. The van der Waals surface area contributed by atoms with Crippen LogP contribution in [0.2, 0.25) is 0 Å². The first-order valence-corrected chi connectivity index (χ1v) is 12.1. The van der Waals surface area contributed by atoms with Gasteiger partial charge in [0, 0.05) is 12.0 Å². The minimum absolute atomic E-state index is 0.241. The van der Waals surface area contributed by atoms with Crippen molar-refractivity contribution in [3.8, 4) is 0 Å². The molecule has 1 saturated heterocycles. The molecule has 4 amide bonds. The number of primary amides is 1. The van der Waals surface area contributed by atoms with Crippen LogP contribution >= 0.6 is 0 Å². The van der Waals surface area contributed by atoms with Crippen LogP contribution in [-0.4, -0.2) is 105 Å². The van der Waals surface area contributed by atoms with E-state index in [9.17, 15) is 39.3 Å². The second-order valence-corrected chi connectivity index (χ2v) is 8.97. The monoisotopic (exact) mass is 554 g/mol. The molecular formula is C24H34N4O11. The van der Waals surface area contributed by atoms with Gasteiger partial charge in [0.25, 0.3) is 5.91 Å². The van der Waals surface area contributed by atoms with Gasteiger partial charge in [-0.15, -0.1) is 0 Å². The molecule has 2 rings (SSSR count). The molecule has 0 saturated carbocycles. The quantitative estimate of drug-likeness (QED) is 0.122. The second-order valence-electron chi connectivity index (χ2n) is 8.97. The summed E-state index contributed by atoms with van der Waals surface area (Å²) in [6.45, 7) is 1.89. The van der Waals surface area contributed by atoms with E-state index in [1.165, 1.54) is 26.0 Å². The fraction of sp³-hybridized carbons (Fsp3) is 0.542. The van der Waals surface area contributed by atoms with Crippen LogP contribution < -0.4 is 21.7 Å². The molecule has 9 N–H and O–H groups in total. The zero-order valence-corrected chi connectivity index (χ0v) is 21.4. The van der Waals surface area contributed by atoms with Gasteiger partial charge in [-0.3, -0.25) is 24.0 Å². The number of hydrogen-bond acceptors (Lipinski definition) is 10. The molecule has 1 heterocycles. The Balaban J connectivity index is 2.08. The highest BCUT2D eigenvalue weighted by molar-refractivity contribution is 5.94. The molecule has 0 radical (unpaired) electrons. The molecule has 15 heteroatoms. The number of rotatable bonds is 13. The Morgan fingerprint density at radius 2 is 1.69 bits per heavy atom. The van der Waals surface area contributed by atoms with Crippen LogP contribution in [0, 0.1) is 0 Å². The van der Waals surface area contributed by atoms with Crippen molar-refractivity contribution in [3.63, 3.8) is 0 Å². The zero-order chi connectivity index (χ0) is 29.3. The lowest BCUT2D eigenvalue weighted by atomic mass is 9.96. The standard InChI is InChI=1S/C24H34N4O11/c1-11(21(34)27-14(20(25)33)8-9-16(30)31)26-22(35)12(2)38-19-17(24(37)39-15(10-29)18(19)32)28-23(36)13-6-4-3-5-7-13/h3-7,11-12,14-15,17-19,24,29,32,37H,8-10H2,1-2H3,(H2,25,33)(H,26,35)(H,27,34)(H,28,36)(H,30,31)/t11?,12?,14?,15-,17-,18-,19-,24?/m1/s1. The van der Waals surface area contributed by atoms with Gasteiger partial charge < -0.3 is 51.6 Å². The van der Waals surface area contributed by atoms with Gasteiger partial charge in [0.15, 0.2) is 6.29 Å². The lowest BCUT2D eigenvalue weighted by Gasteiger charge is -2.43. The molecule has 1 fully saturated rings. The van der Waals surface area contributed by atoms with E-state index in [-0.39, 0.29) is 12.0 Å². The van der Waals surface area contributed by atoms with E-state index < -0.39 is 91.5 Å². The van der Waals surface area contributed by atoms with Crippen LogP contribution in [0.3, 0.4) is 0 Å². The van der Waals surface area contributed by atoms with Gasteiger partial charge >= 0.3 is 5.97 Å². The Bertz CT molecular complexity index is 1020. The van der Waals surface area contributed by atoms with E-state index in [2.05, 4.69) is 16.0 Å². The van der Waals surface area contributed by atoms with E-state index in [1.807, 2.05) is 0 Å². The lowest BCUT2D eigenvalue weighted by Crippen LogP contribution is -2.66. The SMILES string of the molecule is CC(NC(=O)C(C)O[C@H]1[C@H](O)[C@@H](CO)OC(O)[C@@H]1NC(=O)c1ccccc1)C(=O)NC(CCC(=O)O)C(N)=O. The molecule has 1 aliphatic rings. The fourth-order valence-electron chi connectivity index (χ4n) is 3.77. The number of aliphatic hydroxyl groups is 3. The van der Waals surface area contributed by atoms with Crippen LogP contribution in [0.15, 0.2) is 30.3 Å². The average Bonchev–Trinajstić information content (AvgIpc) is 2.89. The molecule has 0 bridgehead atoms. The first-order chi connectivity index (χ1) is 18.3. The Kier molecular flexibility index (Phi) is 11.7. The molecular weight excluding hydrogens is 520 g/mol. The number of ether oxygens (including phenoxy) is 2. The molecule has 4 unspecified atom stereocenters. The predicted molar refractivity (Wildman–Crippen MR) is 132 cm³/mol. The van der Waals surface area contributed by atoms with E-state index in [0.29, 0.717) is 0 Å². The second kappa shape index (κ2) is 14.5. The Morgan fingerprint density at radius 1 is 1.05 bits per heavy atom. The van der Waals surface area contributed by atoms with Crippen LogP contribution in [-0.2, 0) is 28.7 Å². The highest BCUT2D eigenvalue weighted by Crippen LogP contribution is 2.24. The molecule has 0 spiro atoms. The van der Waals surface area contributed by atoms with Crippen LogP contribution in [0.4, 0.5) is 0 Å². The normalized spacial score (nSPS) is 25.0. The maximum Gasteiger partial charge on any atom is 0.303 e. The third-order valence-corrected chi connectivity index (χ3v) is 6.00. The predicted octanol–water partition coefficient (Wildman–Crippen LogP) is -3.03. The number of hydrogen-bond donors (Lipinski definition) is 8. The molecule has 8 atom stereocenters. The maximum absolute atomic E-state index is 12.8. The Labute approximate surface area is 223 Å². The lowest BCUT2D eigenvalue weighted by molar-refractivity contribution is -0.265. The summed E-state index contributed by atoms with van der Waals surface area (Å²) < 4.78 is 10.9. The summed E-state index contributed by atoms with van der Waals surface area (Å²) >= 11 is 0.